The number of aliphatic hydroxyl groups excluding tert-OH is 1. The Hall–Kier alpha value is -1.34. The van der Waals surface area contributed by atoms with Gasteiger partial charge in [-0.05, 0) is 12.8 Å². The highest BCUT2D eigenvalue weighted by Gasteiger charge is 2.28. The molecule has 1 aliphatic carbocycles. The SMILES string of the molecule is O=C(NC1CCCCC1CO)c1cnc2n(c1=O)CCS2. The maximum Gasteiger partial charge on any atom is 0.267 e. The molecule has 1 aromatic rings. The molecule has 1 amide bonds. The summed E-state index contributed by atoms with van der Waals surface area (Å²) in [6.45, 7) is 0.679. The molecule has 2 unspecified atom stereocenters. The number of hydrogen-bond donors (Lipinski definition) is 2. The Morgan fingerprint density at radius 2 is 2.29 bits per heavy atom. The van der Waals surface area contributed by atoms with E-state index in [1.54, 1.807) is 4.57 Å². The highest BCUT2D eigenvalue weighted by molar-refractivity contribution is 7.99. The second kappa shape index (κ2) is 6.19. The van der Waals surface area contributed by atoms with Gasteiger partial charge in [-0.15, -0.1) is 0 Å². The molecule has 0 bridgehead atoms. The highest BCUT2D eigenvalue weighted by atomic mass is 32.2. The van der Waals surface area contributed by atoms with Crippen LogP contribution in [0, 0.1) is 5.92 Å². The lowest BCUT2D eigenvalue weighted by molar-refractivity contribution is 0.0869. The second-order valence-electron chi connectivity index (χ2n) is 5.57. The lowest BCUT2D eigenvalue weighted by Gasteiger charge is -2.30. The lowest BCUT2D eigenvalue weighted by Crippen LogP contribution is -2.45. The summed E-state index contributed by atoms with van der Waals surface area (Å²) >= 11 is 1.53. The molecule has 2 heterocycles. The van der Waals surface area contributed by atoms with Crippen molar-refractivity contribution in [2.24, 2.45) is 5.92 Å². The van der Waals surface area contributed by atoms with E-state index in [1.807, 2.05) is 0 Å². The standard InChI is InChI=1S/C14H19N3O3S/c18-8-9-3-1-2-4-11(9)16-12(19)10-7-15-14-17(13(10)20)5-6-21-14/h7,9,11,18H,1-6,8H2,(H,16,19). The molecule has 1 aromatic heterocycles. The third-order valence-corrected chi connectivity index (χ3v) is 5.23. The van der Waals surface area contributed by atoms with Crippen LogP contribution in [0.4, 0.5) is 0 Å². The molecule has 1 aliphatic heterocycles. The highest BCUT2D eigenvalue weighted by Crippen LogP contribution is 2.24. The zero-order chi connectivity index (χ0) is 14.8. The number of hydrogen-bond acceptors (Lipinski definition) is 5. The predicted molar refractivity (Wildman–Crippen MR) is 79.5 cm³/mol. The molecule has 2 aliphatic rings. The van der Waals surface area contributed by atoms with E-state index in [0.717, 1.165) is 31.4 Å². The van der Waals surface area contributed by atoms with Crippen molar-refractivity contribution in [2.45, 2.75) is 43.4 Å². The minimum atomic E-state index is -0.370. The minimum Gasteiger partial charge on any atom is -0.396 e. The van der Waals surface area contributed by atoms with Crippen LogP contribution in [0.15, 0.2) is 16.1 Å². The Morgan fingerprint density at radius 1 is 1.48 bits per heavy atom. The smallest absolute Gasteiger partial charge is 0.267 e. The van der Waals surface area contributed by atoms with Crippen molar-refractivity contribution in [1.29, 1.82) is 0 Å². The third-order valence-electron chi connectivity index (χ3n) is 4.26. The average Bonchev–Trinajstić information content (AvgIpc) is 2.97. The van der Waals surface area contributed by atoms with Gasteiger partial charge in [0.2, 0.25) is 0 Å². The van der Waals surface area contributed by atoms with E-state index >= 15 is 0 Å². The van der Waals surface area contributed by atoms with Crippen LogP contribution in [0.1, 0.15) is 36.0 Å². The molecule has 2 atom stereocenters. The van der Waals surface area contributed by atoms with Gasteiger partial charge in [-0.25, -0.2) is 4.98 Å². The van der Waals surface area contributed by atoms with Crippen molar-refractivity contribution in [2.75, 3.05) is 12.4 Å². The molecule has 2 N–H and O–H groups in total. The first-order chi connectivity index (χ1) is 10.2. The summed E-state index contributed by atoms with van der Waals surface area (Å²) in [4.78, 5) is 28.8. The van der Waals surface area contributed by atoms with Crippen LogP contribution < -0.4 is 10.9 Å². The van der Waals surface area contributed by atoms with Gasteiger partial charge in [-0.3, -0.25) is 14.2 Å². The van der Waals surface area contributed by atoms with Crippen molar-refractivity contribution in [1.82, 2.24) is 14.9 Å². The number of thioether (sulfide) groups is 1. The zero-order valence-electron chi connectivity index (χ0n) is 11.7. The van der Waals surface area contributed by atoms with Gasteiger partial charge in [-0.2, -0.15) is 0 Å². The largest absolute Gasteiger partial charge is 0.396 e. The molecule has 6 nitrogen and oxygen atoms in total. The number of amides is 1. The van der Waals surface area contributed by atoms with E-state index < -0.39 is 0 Å². The summed E-state index contributed by atoms with van der Waals surface area (Å²) in [5, 5.41) is 13.0. The van der Waals surface area contributed by atoms with Gasteiger partial charge in [0.05, 0.1) is 0 Å². The first-order valence-corrected chi connectivity index (χ1v) is 8.33. The molecular weight excluding hydrogens is 290 g/mol. The number of aliphatic hydroxyl groups is 1. The number of nitrogens with zero attached hydrogens (tertiary/aromatic N) is 2. The Kier molecular flexibility index (Phi) is 4.30. The van der Waals surface area contributed by atoms with Crippen LogP contribution in [0.25, 0.3) is 0 Å². The fourth-order valence-electron chi connectivity index (χ4n) is 3.04. The summed E-state index contributed by atoms with van der Waals surface area (Å²) < 4.78 is 1.56. The van der Waals surface area contributed by atoms with E-state index in [1.165, 1.54) is 18.0 Å². The summed E-state index contributed by atoms with van der Waals surface area (Å²) in [5.74, 6) is 0.538. The van der Waals surface area contributed by atoms with Crippen molar-refractivity contribution >= 4 is 17.7 Å². The molecule has 0 spiro atoms. The van der Waals surface area contributed by atoms with Crippen LogP contribution in [0.5, 0.6) is 0 Å². The lowest BCUT2D eigenvalue weighted by atomic mass is 9.85. The number of rotatable bonds is 3. The maximum absolute atomic E-state index is 12.3. The molecule has 1 saturated carbocycles. The van der Waals surface area contributed by atoms with Gasteiger partial charge < -0.3 is 10.4 Å². The number of aromatic nitrogens is 2. The molecule has 0 saturated heterocycles. The molecule has 0 radical (unpaired) electrons. The Balaban J connectivity index is 1.78. The predicted octanol–water partition coefficient (Wildman–Crippen LogP) is 0.630. The average molecular weight is 309 g/mol. The van der Waals surface area contributed by atoms with Gasteiger partial charge in [0, 0.05) is 37.1 Å². The van der Waals surface area contributed by atoms with Crippen LogP contribution in [0.3, 0.4) is 0 Å². The monoisotopic (exact) mass is 309 g/mol. The van der Waals surface area contributed by atoms with Gasteiger partial charge in [-0.1, -0.05) is 24.6 Å². The number of nitrogens with one attached hydrogen (secondary N) is 1. The second-order valence-corrected chi connectivity index (χ2v) is 6.63. The zero-order valence-corrected chi connectivity index (χ0v) is 12.6. The van der Waals surface area contributed by atoms with E-state index in [9.17, 15) is 14.7 Å². The van der Waals surface area contributed by atoms with Crippen LogP contribution in [-0.2, 0) is 6.54 Å². The molecule has 21 heavy (non-hydrogen) atoms. The topological polar surface area (TPSA) is 84.2 Å². The first-order valence-electron chi connectivity index (χ1n) is 7.35. The quantitative estimate of drug-likeness (QED) is 0.800. The van der Waals surface area contributed by atoms with Crippen LogP contribution in [-0.4, -0.2) is 39.0 Å². The van der Waals surface area contributed by atoms with Crippen LogP contribution >= 0.6 is 11.8 Å². The van der Waals surface area contributed by atoms with Crippen molar-refractivity contribution < 1.29 is 9.90 Å². The third kappa shape index (κ3) is 2.85. The van der Waals surface area contributed by atoms with Crippen LogP contribution in [0.2, 0.25) is 0 Å². The van der Waals surface area contributed by atoms with Crippen molar-refractivity contribution in [3.63, 3.8) is 0 Å². The molecule has 3 rings (SSSR count). The minimum absolute atomic E-state index is 0.0525. The Bertz CT molecular complexity index is 602. The summed E-state index contributed by atoms with van der Waals surface area (Å²) in [6, 6.07) is -0.0525. The van der Waals surface area contributed by atoms with E-state index in [-0.39, 0.29) is 35.6 Å². The van der Waals surface area contributed by atoms with Gasteiger partial charge in [0.15, 0.2) is 5.16 Å². The summed E-state index contributed by atoms with van der Waals surface area (Å²) in [7, 11) is 0. The molecule has 7 heteroatoms. The molecular formula is C14H19N3O3S. The normalized spacial score (nSPS) is 24.6. The summed E-state index contributed by atoms with van der Waals surface area (Å²) in [5.41, 5.74) is -0.164. The van der Waals surface area contributed by atoms with Crippen molar-refractivity contribution in [3.8, 4) is 0 Å². The van der Waals surface area contributed by atoms with Gasteiger partial charge in [0.1, 0.15) is 5.56 Å². The number of carbonyl (C=O) groups excluding carboxylic acids is 1. The fraction of sp³-hybridized carbons (Fsp3) is 0.643. The molecule has 1 fully saturated rings. The van der Waals surface area contributed by atoms with E-state index in [0.29, 0.717) is 11.7 Å². The maximum atomic E-state index is 12.3. The molecule has 114 valence electrons. The fourth-order valence-corrected chi connectivity index (χ4v) is 3.95. The van der Waals surface area contributed by atoms with Gasteiger partial charge >= 0.3 is 0 Å². The molecule has 0 aromatic carbocycles. The van der Waals surface area contributed by atoms with E-state index in [2.05, 4.69) is 10.3 Å². The van der Waals surface area contributed by atoms with E-state index in [4.69, 9.17) is 0 Å². The first kappa shape index (κ1) is 14.6. The summed E-state index contributed by atoms with van der Waals surface area (Å²) in [6.07, 6.45) is 5.27. The number of fused-ring (bicyclic) bond motifs is 1. The Labute approximate surface area is 127 Å². The van der Waals surface area contributed by atoms with Crippen molar-refractivity contribution in [3.05, 3.63) is 22.1 Å². The van der Waals surface area contributed by atoms with Gasteiger partial charge in [0.25, 0.3) is 11.5 Å². The Morgan fingerprint density at radius 3 is 3.10 bits per heavy atom. The number of carbonyl (C=O) groups is 1.